The van der Waals surface area contributed by atoms with Gasteiger partial charge in [0.15, 0.2) is 0 Å². The predicted molar refractivity (Wildman–Crippen MR) is 88.8 cm³/mol. The number of nitriles is 1. The summed E-state index contributed by atoms with van der Waals surface area (Å²) in [4.78, 5) is 0.133. The third-order valence-corrected chi connectivity index (χ3v) is 5.86. The Morgan fingerprint density at radius 1 is 1.50 bits per heavy atom. The first-order chi connectivity index (χ1) is 9.98. The minimum absolute atomic E-state index is 0. The van der Waals surface area contributed by atoms with Crippen LogP contribution in [0.1, 0.15) is 18.4 Å². The SMILES string of the molecule is CNCC1CCCN(S(=O)(=O)c2ccc(Cl)c(C#N)c2)C1.Cl. The lowest BCUT2D eigenvalue weighted by atomic mass is 10.00. The van der Waals surface area contributed by atoms with Gasteiger partial charge in [-0.15, -0.1) is 12.4 Å². The molecule has 2 rings (SSSR count). The molecule has 1 unspecified atom stereocenters. The molecule has 1 aromatic rings. The van der Waals surface area contributed by atoms with Gasteiger partial charge in [-0.3, -0.25) is 0 Å². The van der Waals surface area contributed by atoms with Crippen LogP contribution in [0.2, 0.25) is 5.02 Å². The summed E-state index contributed by atoms with van der Waals surface area (Å²) in [7, 11) is -1.70. The Morgan fingerprint density at radius 3 is 2.86 bits per heavy atom. The number of hydrogen-bond donors (Lipinski definition) is 1. The van der Waals surface area contributed by atoms with E-state index in [-0.39, 0.29) is 27.9 Å². The summed E-state index contributed by atoms with van der Waals surface area (Å²) in [5, 5.41) is 12.3. The minimum Gasteiger partial charge on any atom is -0.319 e. The molecule has 0 aliphatic carbocycles. The molecule has 0 radical (unpaired) electrons. The van der Waals surface area contributed by atoms with Crippen molar-refractivity contribution in [2.45, 2.75) is 17.7 Å². The third-order valence-electron chi connectivity index (χ3n) is 3.67. The Bertz CT molecular complexity index is 657. The van der Waals surface area contributed by atoms with Gasteiger partial charge in [0.1, 0.15) is 6.07 Å². The first kappa shape index (κ1) is 19.2. The maximum Gasteiger partial charge on any atom is 0.243 e. The van der Waals surface area contributed by atoms with Crippen LogP contribution >= 0.6 is 24.0 Å². The van der Waals surface area contributed by atoms with Crippen LogP contribution in [-0.4, -0.2) is 39.4 Å². The molecule has 5 nitrogen and oxygen atoms in total. The fourth-order valence-corrected chi connectivity index (χ4v) is 4.34. The summed E-state index contributed by atoms with van der Waals surface area (Å²) in [6.07, 6.45) is 1.88. The van der Waals surface area contributed by atoms with E-state index in [1.807, 2.05) is 13.1 Å². The zero-order valence-corrected chi connectivity index (χ0v) is 14.6. The molecule has 1 saturated heterocycles. The molecular weight excluding hydrogens is 345 g/mol. The maximum atomic E-state index is 12.7. The van der Waals surface area contributed by atoms with Gasteiger partial charge >= 0.3 is 0 Å². The van der Waals surface area contributed by atoms with Gasteiger partial charge in [-0.1, -0.05) is 11.6 Å². The number of nitrogens with one attached hydrogen (secondary N) is 1. The van der Waals surface area contributed by atoms with Crippen molar-refractivity contribution in [1.82, 2.24) is 9.62 Å². The molecule has 1 atom stereocenters. The van der Waals surface area contributed by atoms with Gasteiger partial charge in [0.25, 0.3) is 0 Å². The summed E-state index contributed by atoms with van der Waals surface area (Å²) in [5.41, 5.74) is 0.182. The van der Waals surface area contributed by atoms with Crippen molar-refractivity contribution in [3.05, 3.63) is 28.8 Å². The van der Waals surface area contributed by atoms with Gasteiger partial charge in [-0.2, -0.15) is 9.57 Å². The highest BCUT2D eigenvalue weighted by molar-refractivity contribution is 7.89. The average Bonchev–Trinajstić information content (AvgIpc) is 2.48. The Hall–Kier alpha value is -0.840. The highest BCUT2D eigenvalue weighted by Gasteiger charge is 2.30. The van der Waals surface area contributed by atoms with E-state index in [1.54, 1.807) is 0 Å². The zero-order chi connectivity index (χ0) is 15.5. The van der Waals surface area contributed by atoms with Gasteiger partial charge in [-0.25, -0.2) is 8.42 Å². The van der Waals surface area contributed by atoms with Crippen molar-refractivity contribution >= 4 is 34.0 Å². The smallest absolute Gasteiger partial charge is 0.243 e. The second kappa shape index (κ2) is 8.14. The lowest BCUT2D eigenvalue weighted by Gasteiger charge is -2.31. The lowest BCUT2D eigenvalue weighted by molar-refractivity contribution is 0.263. The van der Waals surface area contributed by atoms with E-state index in [1.165, 1.54) is 22.5 Å². The summed E-state index contributed by atoms with van der Waals surface area (Å²) < 4.78 is 26.8. The quantitative estimate of drug-likeness (QED) is 0.890. The number of sulfonamides is 1. The Labute approximate surface area is 142 Å². The lowest BCUT2D eigenvalue weighted by Crippen LogP contribution is -2.42. The van der Waals surface area contributed by atoms with Crippen LogP contribution in [-0.2, 0) is 10.0 Å². The van der Waals surface area contributed by atoms with Crippen molar-refractivity contribution in [1.29, 1.82) is 5.26 Å². The van der Waals surface area contributed by atoms with Crippen LogP contribution in [0, 0.1) is 17.2 Å². The highest BCUT2D eigenvalue weighted by atomic mass is 35.5. The van der Waals surface area contributed by atoms with Crippen molar-refractivity contribution in [2.24, 2.45) is 5.92 Å². The van der Waals surface area contributed by atoms with Crippen molar-refractivity contribution in [2.75, 3.05) is 26.7 Å². The highest BCUT2D eigenvalue weighted by Crippen LogP contribution is 2.26. The molecule has 1 heterocycles. The topological polar surface area (TPSA) is 73.2 Å². The molecular formula is C14H19Cl2N3O2S. The van der Waals surface area contributed by atoms with Gasteiger partial charge in [0.2, 0.25) is 10.0 Å². The fraction of sp³-hybridized carbons (Fsp3) is 0.500. The van der Waals surface area contributed by atoms with Crippen molar-refractivity contribution in [3.63, 3.8) is 0 Å². The number of nitrogens with zero attached hydrogens (tertiary/aromatic N) is 2. The number of hydrogen-bond acceptors (Lipinski definition) is 4. The maximum absolute atomic E-state index is 12.7. The predicted octanol–water partition coefficient (Wildman–Crippen LogP) is 2.25. The van der Waals surface area contributed by atoms with Gasteiger partial charge < -0.3 is 5.32 Å². The number of piperidine rings is 1. The van der Waals surface area contributed by atoms with E-state index in [0.717, 1.165) is 19.4 Å². The molecule has 122 valence electrons. The molecule has 0 spiro atoms. The summed E-state index contributed by atoms with van der Waals surface area (Å²) in [6.45, 7) is 1.83. The van der Waals surface area contributed by atoms with Gasteiger partial charge in [-0.05, 0) is 50.6 Å². The standard InChI is InChI=1S/C14H18ClN3O2S.ClH/c1-17-9-11-3-2-6-18(10-11)21(19,20)13-4-5-14(15)12(7-13)8-16;/h4-5,7,11,17H,2-3,6,9-10H2,1H3;1H. The fourth-order valence-electron chi connectivity index (χ4n) is 2.60. The molecule has 8 heteroatoms. The molecule has 0 bridgehead atoms. The number of rotatable bonds is 4. The van der Waals surface area contributed by atoms with Crippen LogP contribution in [0.5, 0.6) is 0 Å². The number of benzene rings is 1. The Balaban J connectivity index is 0.00000242. The molecule has 0 saturated carbocycles. The van der Waals surface area contributed by atoms with Crippen LogP contribution in [0.25, 0.3) is 0 Å². The third kappa shape index (κ3) is 4.12. The molecule has 1 fully saturated rings. The molecule has 0 aromatic heterocycles. The first-order valence-corrected chi connectivity index (χ1v) is 8.65. The Morgan fingerprint density at radius 2 is 2.23 bits per heavy atom. The first-order valence-electron chi connectivity index (χ1n) is 6.83. The van der Waals surface area contributed by atoms with E-state index in [9.17, 15) is 8.42 Å². The van der Waals surface area contributed by atoms with Crippen molar-refractivity contribution < 1.29 is 8.42 Å². The molecule has 22 heavy (non-hydrogen) atoms. The molecule has 0 amide bonds. The molecule has 1 aliphatic heterocycles. The Kier molecular flexibility index (Phi) is 7.10. The summed E-state index contributed by atoms with van der Waals surface area (Å²) in [6, 6.07) is 6.18. The van der Waals surface area contributed by atoms with Crippen LogP contribution < -0.4 is 5.32 Å². The average molecular weight is 364 g/mol. The van der Waals surface area contributed by atoms with Gasteiger partial charge in [0.05, 0.1) is 15.5 Å². The minimum atomic E-state index is -3.57. The normalized spacial score (nSPS) is 19.2. The zero-order valence-electron chi connectivity index (χ0n) is 12.3. The van der Waals surface area contributed by atoms with E-state index in [4.69, 9.17) is 16.9 Å². The van der Waals surface area contributed by atoms with E-state index in [2.05, 4.69) is 5.32 Å². The number of halogens is 2. The van der Waals surface area contributed by atoms with E-state index >= 15 is 0 Å². The summed E-state index contributed by atoms with van der Waals surface area (Å²) in [5.74, 6) is 0.321. The van der Waals surface area contributed by atoms with Gasteiger partial charge in [0, 0.05) is 13.1 Å². The molecule has 1 N–H and O–H groups in total. The second-order valence-electron chi connectivity index (χ2n) is 5.18. The van der Waals surface area contributed by atoms with Crippen LogP contribution in [0.15, 0.2) is 23.1 Å². The van der Waals surface area contributed by atoms with E-state index in [0.29, 0.717) is 19.0 Å². The monoisotopic (exact) mass is 363 g/mol. The van der Waals surface area contributed by atoms with Crippen molar-refractivity contribution in [3.8, 4) is 6.07 Å². The molecule has 1 aliphatic rings. The van der Waals surface area contributed by atoms with Crippen LogP contribution in [0.4, 0.5) is 0 Å². The largest absolute Gasteiger partial charge is 0.319 e. The van der Waals surface area contributed by atoms with E-state index < -0.39 is 10.0 Å². The summed E-state index contributed by atoms with van der Waals surface area (Å²) >= 11 is 5.86. The van der Waals surface area contributed by atoms with Crippen LogP contribution in [0.3, 0.4) is 0 Å². The second-order valence-corrected chi connectivity index (χ2v) is 7.53. The molecule has 1 aromatic carbocycles.